The average Bonchev–Trinajstić information content (AvgIpc) is 2.59. The van der Waals surface area contributed by atoms with Crippen molar-refractivity contribution in [1.82, 2.24) is 0 Å². The van der Waals surface area contributed by atoms with E-state index in [4.69, 9.17) is 0 Å². The van der Waals surface area contributed by atoms with Gasteiger partial charge in [-0.3, -0.25) is 0 Å². The van der Waals surface area contributed by atoms with Gasteiger partial charge in [-0.05, 0) is 41.2 Å². The van der Waals surface area contributed by atoms with Crippen molar-refractivity contribution in [3.8, 4) is 0 Å². The number of aryl methyl sites for hydroxylation is 1. The summed E-state index contributed by atoms with van der Waals surface area (Å²) in [5.41, 5.74) is 0.690. The van der Waals surface area contributed by atoms with Crippen molar-refractivity contribution in [2.45, 2.75) is 76.5 Å². The molecule has 0 atom stereocenters. The van der Waals surface area contributed by atoms with Gasteiger partial charge < -0.3 is 4.55 Å². The summed E-state index contributed by atoms with van der Waals surface area (Å²) in [7, 11) is -4.44. The molecule has 0 heterocycles. The van der Waals surface area contributed by atoms with Crippen LogP contribution < -0.4 is 51.4 Å². The Bertz CT molecular complexity index is 800. The first-order chi connectivity index (χ1) is 12.4. The summed E-state index contributed by atoms with van der Waals surface area (Å²) in [6.45, 7) is 4.54. The van der Waals surface area contributed by atoms with E-state index in [1.54, 1.807) is 6.07 Å². The summed E-state index contributed by atoms with van der Waals surface area (Å²) in [6.07, 6.45) is 10.3. The van der Waals surface area contributed by atoms with Crippen LogP contribution in [0.4, 0.5) is 0 Å². The maximum absolute atomic E-state index is 11.6. The molecule has 0 spiro atoms. The monoisotopic (exact) mass is 414 g/mol. The van der Waals surface area contributed by atoms with Gasteiger partial charge in [0.2, 0.25) is 0 Å². The van der Waals surface area contributed by atoms with Crippen molar-refractivity contribution >= 4 is 20.9 Å². The first-order valence-corrected chi connectivity index (χ1v) is 11.3. The van der Waals surface area contributed by atoms with E-state index in [0.29, 0.717) is 12.0 Å². The average molecular weight is 415 g/mol. The second kappa shape index (κ2) is 12.7. The molecule has 0 N–H and O–H groups in total. The molecule has 0 aliphatic heterocycles. The molecule has 0 aliphatic carbocycles. The minimum atomic E-state index is -4.44. The zero-order chi connectivity index (χ0) is 19.0. The molecule has 0 amide bonds. The molecule has 144 valence electrons. The molecule has 0 radical (unpaired) electrons. The molecule has 2 aromatic carbocycles. The van der Waals surface area contributed by atoms with E-state index < -0.39 is 10.1 Å². The topological polar surface area (TPSA) is 57.2 Å². The quantitative estimate of drug-likeness (QED) is 0.323. The normalized spacial score (nSPS) is 11.7. The Kier molecular flexibility index (Phi) is 11.9. The van der Waals surface area contributed by atoms with E-state index in [9.17, 15) is 13.0 Å². The van der Waals surface area contributed by atoms with E-state index in [-0.39, 0.29) is 56.3 Å². The predicted octanol–water partition coefficient (Wildman–Crippen LogP) is 3.07. The van der Waals surface area contributed by atoms with Gasteiger partial charge in [0.05, 0.1) is 4.90 Å². The minimum Gasteiger partial charge on any atom is -0.744 e. The van der Waals surface area contributed by atoms with E-state index in [0.717, 1.165) is 29.5 Å². The van der Waals surface area contributed by atoms with Crippen LogP contribution in [-0.2, 0) is 16.5 Å². The Balaban J connectivity index is 0.00000364. The SMILES string of the molecule is CC(C)CCCCCCCCCc1c(S(=O)(=O)[O-])ccc2ccccc12.[K+]. The molecular weight excluding hydrogens is 383 g/mol. The molecule has 0 aromatic heterocycles. The Labute approximate surface area is 207 Å². The third-order valence-electron chi connectivity index (χ3n) is 4.98. The Morgan fingerprint density at radius 1 is 0.852 bits per heavy atom. The molecule has 0 saturated carbocycles. The fourth-order valence-corrected chi connectivity index (χ4v) is 4.29. The van der Waals surface area contributed by atoms with Crippen LogP contribution in [0.15, 0.2) is 41.3 Å². The molecule has 0 saturated heterocycles. The van der Waals surface area contributed by atoms with Crippen LogP contribution in [0.1, 0.15) is 70.8 Å². The van der Waals surface area contributed by atoms with E-state index >= 15 is 0 Å². The van der Waals surface area contributed by atoms with Crippen molar-refractivity contribution in [2.75, 3.05) is 0 Å². The van der Waals surface area contributed by atoms with Gasteiger partial charge in [-0.1, -0.05) is 89.1 Å². The van der Waals surface area contributed by atoms with Gasteiger partial charge in [-0.2, -0.15) is 0 Å². The number of unbranched alkanes of at least 4 members (excludes halogenated alkanes) is 6. The van der Waals surface area contributed by atoms with E-state index in [1.807, 2.05) is 24.3 Å². The number of hydrogen-bond donors (Lipinski definition) is 0. The second-order valence-electron chi connectivity index (χ2n) is 7.62. The van der Waals surface area contributed by atoms with Crippen LogP contribution in [0, 0.1) is 5.92 Å². The standard InChI is InChI=1S/C22H32O3S.K/c1-18(2)12-8-6-4-3-5-7-9-15-21-20-14-11-10-13-19(20)16-17-22(21)26(23,24)25;/h10-11,13-14,16-18H,3-9,12,15H2,1-2H3,(H,23,24,25);/q;+1/p-1. The van der Waals surface area contributed by atoms with Crippen LogP contribution in [0.3, 0.4) is 0 Å². The smallest absolute Gasteiger partial charge is 0.744 e. The summed E-state index contributed by atoms with van der Waals surface area (Å²) in [6, 6.07) is 10.9. The number of fused-ring (bicyclic) bond motifs is 1. The van der Waals surface area contributed by atoms with Gasteiger partial charge in [0.25, 0.3) is 0 Å². The van der Waals surface area contributed by atoms with Gasteiger partial charge in [0.1, 0.15) is 10.1 Å². The first-order valence-electron chi connectivity index (χ1n) is 9.86. The number of rotatable bonds is 11. The Hall–Kier alpha value is 0.246. The largest absolute Gasteiger partial charge is 1.00 e. The van der Waals surface area contributed by atoms with Gasteiger partial charge in [0.15, 0.2) is 0 Å². The third kappa shape index (κ3) is 8.65. The third-order valence-corrected chi connectivity index (χ3v) is 5.90. The predicted molar refractivity (Wildman–Crippen MR) is 107 cm³/mol. The molecule has 3 nitrogen and oxygen atoms in total. The Morgan fingerprint density at radius 3 is 2.07 bits per heavy atom. The number of hydrogen-bond acceptors (Lipinski definition) is 3. The van der Waals surface area contributed by atoms with Crippen molar-refractivity contribution in [2.24, 2.45) is 5.92 Å². The maximum atomic E-state index is 11.6. The fourth-order valence-electron chi connectivity index (χ4n) is 3.55. The van der Waals surface area contributed by atoms with Crippen molar-refractivity contribution in [1.29, 1.82) is 0 Å². The summed E-state index contributed by atoms with van der Waals surface area (Å²) in [5.74, 6) is 0.794. The molecule has 27 heavy (non-hydrogen) atoms. The zero-order valence-electron chi connectivity index (χ0n) is 17.0. The zero-order valence-corrected chi connectivity index (χ0v) is 21.0. The van der Waals surface area contributed by atoms with Crippen molar-refractivity contribution in [3.05, 3.63) is 42.0 Å². The molecule has 0 bridgehead atoms. The molecule has 0 unspecified atom stereocenters. The summed E-state index contributed by atoms with van der Waals surface area (Å²) in [4.78, 5) is -0.0510. The first kappa shape index (κ1) is 25.3. The summed E-state index contributed by atoms with van der Waals surface area (Å²) >= 11 is 0. The second-order valence-corrected chi connectivity index (χ2v) is 8.97. The minimum absolute atomic E-state index is 0. The molecule has 5 heteroatoms. The van der Waals surface area contributed by atoms with Crippen molar-refractivity contribution < 1.29 is 64.4 Å². The van der Waals surface area contributed by atoms with Crippen LogP contribution >= 0.6 is 0 Å². The summed E-state index contributed by atoms with van der Waals surface area (Å²) in [5, 5.41) is 1.87. The molecule has 0 aliphatic rings. The van der Waals surface area contributed by atoms with Crippen LogP contribution in [-0.4, -0.2) is 13.0 Å². The summed E-state index contributed by atoms with van der Waals surface area (Å²) < 4.78 is 34.9. The van der Waals surface area contributed by atoms with Gasteiger partial charge in [-0.25, -0.2) is 8.42 Å². The van der Waals surface area contributed by atoms with Crippen LogP contribution in [0.2, 0.25) is 0 Å². The fraction of sp³-hybridized carbons (Fsp3) is 0.545. The van der Waals surface area contributed by atoms with Gasteiger partial charge in [0, 0.05) is 0 Å². The molecule has 0 fully saturated rings. The maximum Gasteiger partial charge on any atom is 1.00 e. The molecule has 2 aromatic rings. The van der Waals surface area contributed by atoms with E-state index in [1.165, 1.54) is 44.6 Å². The van der Waals surface area contributed by atoms with E-state index in [2.05, 4.69) is 13.8 Å². The molecular formula is C22H31KO3S. The number of benzene rings is 2. The van der Waals surface area contributed by atoms with Crippen LogP contribution in [0.25, 0.3) is 10.8 Å². The van der Waals surface area contributed by atoms with Crippen LogP contribution in [0.5, 0.6) is 0 Å². The Morgan fingerprint density at radius 2 is 1.44 bits per heavy atom. The van der Waals surface area contributed by atoms with Gasteiger partial charge >= 0.3 is 51.4 Å². The van der Waals surface area contributed by atoms with Gasteiger partial charge in [-0.15, -0.1) is 0 Å². The van der Waals surface area contributed by atoms with Crippen molar-refractivity contribution in [3.63, 3.8) is 0 Å². The molecule has 2 rings (SSSR count).